The van der Waals surface area contributed by atoms with Gasteiger partial charge in [-0.05, 0) is 24.2 Å². The Morgan fingerprint density at radius 2 is 2.15 bits per heavy atom. The highest BCUT2D eigenvalue weighted by atomic mass is 79.9. The van der Waals surface area contributed by atoms with E-state index >= 15 is 0 Å². The topological polar surface area (TPSA) is 17.1 Å². The van der Waals surface area contributed by atoms with E-state index in [1.807, 2.05) is 0 Å². The summed E-state index contributed by atoms with van der Waals surface area (Å²) >= 11 is 7.06. The van der Waals surface area contributed by atoms with E-state index in [9.17, 15) is 4.79 Å². The number of hydrogen-bond donors (Lipinski definition) is 0. The van der Waals surface area contributed by atoms with Gasteiger partial charge in [-0.2, -0.15) is 0 Å². The number of fused-ring (bicyclic) bond motifs is 2. The van der Waals surface area contributed by atoms with E-state index in [1.165, 1.54) is 6.42 Å². The van der Waals surface area contributed by atoms with Gasteiger partial charge in [0.15, 0.2) is 5.78 Å². The second-order valence-electron chi connectivity index (χ2n) is 4.85. The first-order valence-corrected chi connectivity index (χ1v) is 6.75. The predicted octanol–water partition coefficient (Wildman–Crippen LogP) is 3.15. The van der Waals surface area contributed by atoms with Crippen molar-refractivity contribution in [1.29, 1.82) is 0 Å². The second-order valence-corrected chi connectivity index (χ2v) is 6.40. The number of halogens is 2. The molecule has 0 amide bonds. The average molecular weight is 310 g/mol. The van der Waals surface area contributed by atoms with Crippen LogP contribution in [-0.2, 0) is 4.79 Å². The number of alkyl halides is 2. The van der Waals surface area contributed by atoms with Crippen LogP contribution in [0.1, 0.15) is 26.7 Å². The lowest BCUT2D eigenvalue weighted by molar-refractivity contribution is -0.127. The Morgan fingerprint density at radius 3 is 2.46 bits per heavy atom. The lowest BCUT2D eigenvalue weighted by atomic mass is 9.70. The number of carbonyl (C=O) groups excluding carboxylic acids is 1. The Balaban J connectivity index is 2.50. The average Bonchev–Trinajstić information content (AvgIpc) is 2.41. The molecule has 2 bridgehead atoms. The lowest BCUT2D eigenvalue weighted by Gasteiger charge is -2.34. The highest BCUT2D eigenvalue weighted by Crippen LogP contribution is 2.65. The maximum Gasteiger partial charge on any atom is 0.154 e. The van der Waals surface area contributed by atoms with Crippen LogP contribution in [0.4, 0.5) is 0 Å². The van der Waals surface area contributed by atoms with Crippen molar-refractivity contribution in [3.8, 4) is 0 Å². The zero-order chi connectivity index (χ0) is 9.85. The Morgan fingerprint density at radius 1 is 1.54 bits per heavy atom. The number of hydrogen-bond acceptors (Lipinski definition) is 1. The third kappa shape index (κ3) is 0.956. The summed E-state index contributed by atoms with van der Waals surface area (Å²) in [4.78, 5) is 12.2. The smallest absolute Gasteiger partial charge is 0.154 e. The van der Waals surface area contributed by atoms with Gasteiger partial charge in [0, 0.05) is 10.7 Å². The number of ketones is 1. The minimum absolute atomic E-state index is 0.0914. The molecule has 0 aromatic heterocycles. The molecule has 3 heteroatoms. The second kappa shape index (κ2) is 2.82. The monoisotopic (exact) mass is 308 g/mol. The van der Waals surface area contributed by atoms with E-state index in [4.69, 9.17) is 0 Å². The van der Waals surface area contributed by atoms with Gasteiger partial charge in [-0.3, -0.25) is 4.79 Å². The van der Waals surface area contributed by atoms with Crippen molar-refractivity contribution in [3.63, 3.8) is 0 Å². The largest absolute Gasteiger partial charge is 0.298 e. The molecule has 13 heavy (non-hydrogen) atoms. The minimum atomic E-state index is -0.0914. The van der Waals surface area contributed by atoms with Crippen molar-refractivity contribution < 1.29 is 4.79 Å². The predicted molar refractivity (Wildman–Crippen MR) is 60.5 cm³/mol. The van der Waals surface area contributed by atoms with Gasteiger partial charge in [0.05, 0.1) is 4.83 Å². The normalized spacial score (nSPS) is 47.2. The summed E-state index contributed by atoms with van der Waals surface area (Å²) in [6.07, 6.45) is 2.26. The maximum atomic E-state index is 12.1. The first kappa shape index (κ1) is 10.2. The van der Waals surface area contributed by atoms with Crippen molar-refractivity contribution in [3.05, 3.63) is 0 Å². The lowest BCUT2D eigenvalue weighted by Crippen LogP contribution is -2.38. The van der Waals surface area contributed by atoms with Crippen LogP contribution < -0.4 is 0 Å². The fourth-order valence-corrected chi connectivity index (χ4v) is 5.79. The van der Waals surface area contributed by atoms with Gasteiger partial charge in [-0.25, -0.2) is 0 Å². The van der Waals surface area contributed by atoms with Gasteiger partial charge >= 0.3 is 0 Å². The van der Waals surface area contributed by atoms with E-state index in [0.29, 0.717) is 11.7 Å². The van der Waals surface area contributed by atoms with Crippen LogP contribution in [0, 0.1) is 16.7 Å². The van der Waals surface area contributed by atoms with Crippen LogP contribution >= 0.6 is 31.9 Å². The fraction of sp³-hybridized carbons (Fsp3) is 0.900. The molecule has 2 fully saturated rings. The van der Waals surface area contributed by atoms with Crippen LogP contribution in [0.15, 0.2) is 0 Å². The maximum absolute atomic E-state index is 12.1. The van der Waals surface area contributed by atoms with Crippen molar-refractivity contribution >= 4 is 37.6 Å². The molecule has 0 aromatic carbocycles. The van der Waals surface area contributed by atoms with E-state index < -0.39 is 0 Å². The molecule has 0 aromatic rings. The molecule has 2 rings (SSSR count). The first-order valence-electron chi connectivity index (χ1n) is 4.72. The molecule has 0 heterocycles. The fourth-order valence-electron chi connectivity index (χ4n) is 3.14. The van der Waals surface area contributed by atoms with Crippen molar-refractivity contribution in [1.82, 2.24) is 0 Å². The molecule has 0 saturated heterocycles. The molecule has 0 aliphatic heterocycles. The summed E-state index contributed by atoms with van der Waals surface area (Å²) in [5.41, 5.74) is 0.0770. The Hall–Kier alpha value is 0.630. The van der Waals surface area contributed by atoms with E-state index in [0.717, 1.165) is 11.8 Å². The van der Waals surface area contributed by atoms with Crippen LogP contribution in [0.2, 0.25) is 0 Å². The molecule has 1 nitrogen and oxygen atoms in total. The molecule has 0 N–H and O–H groups in total. The summed E-state index contributed by atoms with van der Waals surface area (Å²) in [6.45, 7) is 4.48. The van der Waals surface area contributed by atoms with Crippen molar-refractivity contribution in [2.75, 3.05) is 5.33 Å². The molecule has 2 saturated carbocycles. The summed E-state index contributed by atoms with van der Waals surface area (Å²) < 4.78 is 0. The summed E-state index contributed by atoms with van der Waals surface area (Å²) in [6, 6.07) is 0. The van der Waals surface area contributed by atoms with Gasteiger partial charge < -0.3 is 0 Å². The van der Waals surface area contributed by atoms with Gasteiger partial charge in [-0.15, -0.1) is 0 Å². The standard InChI is InChI=1S/C10H14Br2O/c1-9(2)6-3-4-10(9,5-11)8(13)7(6)12/h6-7H,3-5H2,1-2H3. The quantitative estimate of drug-likeness (QED) is 0.680. The zero-order valence-corrected chi connectivity index (χ0v) is 11.1. The van der Waals surface area contributed by atoms with Gasteiger partial charge in [-0.1, -0.05) is 45.7 Å². The molecule has 0 spiro atoms. The van der Waals surface area contributed by atoms with Crippen LogP contribution in [0.5, 0.6) is 0 Å². The van der Waals surface area contributed by atoms with Crippen molar-refractivity contribution in [2.45, 2.75) is 31.5 Å². The number of rotatable bonds is 1. The summed E-state index contributed by atoms with van der Waals surface area (Å²) in [5.74, 6) is 0.961. The molecule has 3 atom stereocenters. The van der Waals surface area contributed by atoms with E-state index in [2.05, 4.69) is 45.7 Å². The number of carbonyl (C=O) groups is 1. The third-order valence-corrected chi connectivity index (χ3v) is 6.36. The third-order valence-electron chi connectivity index (χ3n) is 4.35. The highest BCUT2D eigenvalue weighted by Gasteiger charge is 2.67. The van der Waals surface area contributed by atoms with Crippen LogP contribution in [-0.4, -0.2) is 15.9 Å². The number of Topliss-reactive ketones (excluding diaryl/α,β-unsaturated/α-hetero) is 1. The summed E-state index contributed by atoms with van der Waals surface area (Å²) in [7, 11) is 0. The Labute approximate surface area is 95.9 Å². The van der Waals surface area contributed by atoms with Gasteiger partial charge in [0.2, 0.25) is 0 Å². The Bertz CT molecular complexity index is 262. The first-order chi connectivity index (χ1) is 5.97. The van der Waals surface area contributed by atoms with E-state index in [1.54, 1.807) is 0 Å². The molecular formula is C10H14Br2O. The minimum Gasteiger partial charge on any atom is -0.298 e. The Kier molecular flexibility index (Phi) is 2.20. The SMILES string of the molecule is CC1(C)C2CCC1(CBr)C(=O)C2Br. The molecule has 2 aliphatic carbocycles. The highest BCUT2D eigenvalue weighted by molar-refractivity contribution is 9.10. The van der Waals surface area contributed by atoms with Gasteiger partial charge in [0.1, 0.15) is 0 Å². The van der Waals surface area contributed by atoms with Crippen LogP contribution in [0.25, 0.3) is 0 Å². The molecule has 2 aliphatic rings. The molecule has 3 unspecified atom stereocenters. The van der Waals surface area contributed by atoms with Gasteiger partial charge in [0.25, 0.3) is 0 Å². The molecule has 0 radical (unpaired) electrons. The van der Waals surface area contributed by atoms with E-state index in [-0.39, 0.29) is 15.7 Å². The molecule has 74 valence electrons. The summed E-state index contributed by atoms with van der Waals surface area (Å²) in [5, 5.41) is 0.824. The molecular weight excluding hydrogens is 296 g/mol. The van der Waals surface area contributed by atoms with Crippen molar-refractivity contribution in [2.24, 2.45) is 16.7 Å². The zero-order valence-electron chi connectivity index (χ0n) is 7.94. The van der Waals surface area contributed by atoms with Crippen LogP contribution in [0.3, 0.4) is 0 Å².